The highest BCUT2D eigenvalue weighted by Gasteiger charge is 2.12. The molecule has 1 aliphatic rings. The number of fused-ring (bicyclic) bond motifs is 1. The summed E-state index contributed by atoms with van der Waals surface area (Å²) in [5, 5.41) is 6.68. The molecular weight excluding hydrogens is 312 g/mol. The Balaban J connectivity index is 1.59. The maximum absolute atomic E-state index is 5.43. The van der Waals surface area contributed by atoms with Crippen LogP contribution in [0.25, 0.3) is 0 Å². The van der Waals surface area contributed by atoms with Gasteiger partial charge < -0.3 is 9.47 Å². The van der Waals surface area contributed by atoms with Crippen molar-refractivity contribution in [3.8, 4) is 11.5 Å². The number of benzene rings is 3. The van der Waals surface area contributed by atoms with E-state index in [9.17, 15) is 0 Å². The highest BCUT2D eigenvalue weighted by Crippen LogP contribution is 2.32. The smallest absolute Gasteiger partial charge is 0.231 e. The fourth-order valence-electron chi connectivity index (χ4n) is 2.68. The van der Waals surface area contributed by atoms with Gasteiger partial charge in [0.1, 0.15) is 0 Å². The summed E-state index contributed by atoms with van der Waals surface area (Å²) >= 11 is 0. The molecule has 0 atom stereocenters. The molecule has 0 amide bonds. The molecule has 0 saturated heterocycles. The largest absolute Gasteiger partial charge is 0.454 e. The molecule has 4 heteroatoms. The molecule has 1 heterocycles. The standard InChI is InChI=1S/C21H18N2O2/c1-3-7-17(8-4-1)15-23(19-9-5-2-6-10-19)22-14-18-11-12-20-21(13-18)25-16-24-20/h1-14H,15-16H2/b22-14-. The summed E-state index contributed by atoms with van der Waals surface area (Å²) in [6, 6.07) is 26.3. The second-order valence-electron chi connectivity index (χ2n) is 5.74. The van der Waals surface area contributed by atoms with Crippen molar-refractivity contribution in [3.63, 3.8) is 0 Å². The Labute approximate surface area is 146 Å². The van der Waals surface area contributed by atoms with Crippen LogP contribution in [-0.2, 0) is 6.54 Å². The average molecular weight is 330 g/mol. The topological polar surface area (TPSA) is 34.1 Å². The third-order valence-corrected chi connectivity index (χ3v) is 3.97. The van der Waals surface area contributed by atoms with Gasteiger partial charge in [0.15, 0.2) is 11.5 Å². The average Bonchev–Trinajstić information content (AvgIpc) is 3.14. The van der Waals surface area contributed by atoms with E-state index in [2.05, 4.69) is 24.3 Å². The molecule has 3 aromatic rings. The Morgan fingerprint density at radius 1 is 0.840 bits per heavy atom. The number of rotatable bonds is 5. The summed E-state index contributed by atoms with van der Waals surface area (Å²) in [5.41, 5.74) is 3.22. The second-order valence-corrected chi connectivity index (χ2v) is 5.74. The summed E-state index contributed by atoms with van der Waals surface area (Å²) in [4.78, 5) is 0. The minimum absolute atomic E-state index is 0.278. The number of ether oxygens (including phenoxy) is 2. The van der Waals surface area contributed by atoms with E-state index in [1.807, 2.05) is 65.8 Å². The molecule has 0 fully saturated rings. The molecule has 4 rings (SSSR count). The van der Waals surface area contributed by atoms with Crippen molar-refractivity contribution in [2.75, 3.05) is 11.8 Å². The van der Waals surface area contributed by atoms with Crippen molar-refractivity contribution < 1.29 is 9.47 Å². The van der Waals surface area contributed by atoms with Gasteiger partial charge in [-0.2, -0.15) is 5.10 Å². The lowest BCUT2D eigenvalue weighted by molar-refractivity contribution is 0.174. The highest BCUT2D eigenvalue weighted by molar-refractivity contribution is 5.81. The molecule has 0 bridgehead atoms. The fourth-order valence-corrected chi connectivity index (χ4v) is 2.68. The van der Waals surface area contributed by atoms with Crippen molar-refractivity contribution >= 4 is 11.9 Å². The summed E-state index contributed by atoms with van der Waals surface area (Å²) in [6.45, 7) is 0.978. The first kappa shape index (κ1) is 15.3. The lowest BCUT2D eigenvalue weighted by Crippen LogP contribution is -2.15. The van der Waals surface area contributed by atoms with E-state index >= 15 is 0 Å². The highest BCUT2D eigenvalue weighted by atomic mass is 16.7. The third-order valence-electron chi connectivity index (χ3n) is 3.97. The van der Waals surface area contributed by atoms with Crippen LogP contribution in [0.4, 0.5) is 5.69 Å². The van der Waals surface area contributed by atoms with Gasteiger partial charge in [-0.3, -0.25) is 5.01 Å². The van der Waals surface area contributed by atoms with E-state index in [0.29, 0.717) is 6.54 Å². The van der Waals surface area contributed by atoms with Gasteiger partial charge in [0.05, 0.1) is 18.4 Å². The second kappa shape index (κ2) is 7.09. The van der Waals surface area contributed by atoms with Crippen LogP contribution in [-0.4, -0.2) is 13.0 Å². The maximum atomic E-state index is 5.43. The quantitative estimate of drug-likeness (QED) is 0.512. The van der Waals surface area contributed by atoms with Crippen molar-refractivity contribution in [2.24, 2.45) is 5.10 Å². The van der Waals surface area contributed by atoms with Crippen LogP contribution < -0.4 is 14.5 Å². The molecule has 25 heavy (non-hydrogen) atoms. The minimum Gasteiger partial charge on any atom is -0.454 e. The van der Waals surface area contributed by atoms with Gasteiger partial charge in [-0.05, 0) is 41.5 Å². The van der Waals surface area contributed by atoms with Gasteiger partial charge in [-0.1, -0.05) is 48.5 Å². The Morgan fingerprint density at radius 3 is 2.36 bits per heavy atom. The van der Waals surface area contributed by atoms with Crippen molar-refractivity contribution in [1.29, 1.82) is 0 Å². The first-order valence-corrected chi connectivity index (χ1v) is 8.19. The number of nitrogens with zero attached hydrogens (tertiary/aromatic N) is 2. The van der Waals surface area contributed by atoms with Crippen LogP contribution >= 0.6 is 0 Å². The molecule has 3 aromatic carbocycles. The maximum Gasteiger partial charge on any atom is 0.231 e. The first-order valence-electron chi connectivity index (χ1n) is 8.19. The molecular formula is C21H18N2O2. The van der Waals surface area contributed by atoms with Crippen LogP contribution in [0.15, 0.2) is 84.0 Å². The molecule has 0 radical (unpaired) electrons. The van der Waals surface area contributed by atoms with Crippen LogP contribution in [0, 0.1) is 0 Å². The lowest BCUT2D eigenvalue weighted by Gasteiger charge is -2.19. The fraction of sp³-hybridized carbons (Fsp3) is 0.0952. The third kappa shape index (κ3) is 3.63. The first-order chi connectivity index (χ1) is 12.4. The SMILES string of the molecule is C(=N/N(Cc1ccccc1)c1ccccc1)/c1ccc2c(c1)OCO2. The summed E-state index contributed by atoms with van der Waals surface area (Å²) in [5.74, 6) is 1.54. The van der Waals surface area contributed by atoms with Crippen molar-refractivity contribution in [3.05, 3.63) is 90.0 Å². The van der Waals surface area contributed by atoms with Gasteiger partial charge in [-0.15, -0.1) is 0 Å². The zero-order valence-electron chi connectivity index (χ0n) is 13.7. The number of hydrogen-bond acceptors (Lipinski definition) is 4. The number of hydrazone groups is 1. The van der Waals surface area contributed by atoms with Gasteiger partial charge in [-0.25, -0.2) is 0 Å². The Kier molecular flexibility index (Phi) is 4.33. The van der Waals surface area contributed by atoms with Crippen molar-refractivity contribution in [1.82, 2.24) is 0 Å². The molecule has 0 saturated carbocycles. The van der Waals surface area contributed by atoms with E-state index in [1.165, 1.54) is 5.56 Å². The predicted molar refractivity (Wildman–Crippen MR) is 99.2 cm³/mol. The zero-order valence-corrected chi connectivity index (χ0v) is 13.7. The van der Waals surface area contributed by atoms with Gasteiger partial charge >= 0.3 is 0 Å². The van der Waals surface area contributed by atoms with Crippen LogP contribution in [0.5, 0.6) is 11.5 Å². The summed E-state index contributed by atoms with van der Waals surface area (Å²) < 4.78 is 10.8. The van der Waals surface area contributed by atoms with E-state index in [1.54, 1.807) is 0 Å². The lowest BCUT2D eigenvalue weighted by atomic mass is 10.2. The van der Waals surface area contributed by atoms with E-state index in [0.717, 1.165) is 22.7 Å². The van der Waals surface area contributed by atoms with Crippen LogP contribution in [0.3, 0.4) is 0 Å². The van der Waals surface area contributed by atoms with E-state index in [-0.39, 0.29) is 6.79 Å². The molecule has 0 aliphatic carbocycles. The molecule has 4 nitrogen and oxygen atoms in total. The molecule has 0 aromatic heterocycles. The van der Waals surface area contributed by atoms with Gasteiger partial charge in [0.25, 0.3) is 0 Å². The van der Waals surface area contributed by atoms with Gasteiger partial charge in [0.2, 0.25) is 6.79 Å². The Morgan fingerprint density at radius 2 is 1.56 bits per heavy atom. The molecule has 1 aliphatic heterocycles. The monoisotopic (exact) mass is 330 g/mol. The van der Waals surface area contributed by atoms with Crippen molar-refractivity contribution in [2.45, 2.75) is 6.54 Å². The number of hydrogen-bond donors (Lipinski definition) is 0. The number of para-hydroxylation sites is 1. The van der Waals surface area contributed by atoms with Crippen LogP contribution in [0.2, 0.25) is 0 Å². The normalized spacial score (nSPS) is 12.5. The molecule has 0 N–H and O–H groups in total. The van der Waals surface area contributed by atoms with E-state index < -0.39 is 0 Å². The van der Waals surface area contributed by atoms with E-state index in [4.69, 9.17) is 14.6 Å². The summed E-state index contributed by atoms with van der Waals surface area (Å²) in [7, 11) is 0. The molecule has 124 valence electrons. The van der Waals surface area contributed by atoms with Crippen LogP contribution in [0.1, 0.15) is 11.1 Å². The molecule has 0 unspecified atom stereocenters. The van der Waals surface area contributed by atoms with Gasteiger partial charge in [0, 0.05) is 0 Å². The zero-order chi connectivity index (χ0) is 16.9. The predicted octanol–water partition coefficient (Wildman–Crippen LogP) is 4.46. The minimum atomic E-state index is 0.278. The Hall–Kier alpha value is -3.27. The number of anilines is 1. The molecule has 0 spiro atoms. The Bertz CT molecular complexity index is 864. The summed E-state index contributed by atoms with van der Waals surface area (Å²) in [6.07, 6.45) is 1.85.